The fraction of sp³-hybridized carbons (Fsp3) is 0.500. The van der Waals surface area contributed by atoms with Crippen molar-refractivity contribution in [3.63, 3.8) is 0 Å². The van der Waals surface area contributed by atoms with Gasteiger partial charge < -0.3 is 9.74 Å². The molecule has 1 atom stereocenters. The summed E-state index contributed by atoms with van der Waals surface area (Å²) < 4.78 is 0. The van der Waals surface area contributed by atoms with Crippen molar-refractivity contribution in [2.75, 3.05) is 13.1 Å². The van der Waals surface area contributed by atoms with E-state index in [0.717, 1.165) is 24.1 Å². The molecule has 1 unspecified atom stereocenters. The van der Waals surface area contributed by atoms with E-state index in [1.165, 1.54) is 0 Å². The number of amides is 1. The van der Waals surface area contributed by atoms with Gasteiger partial charge in [0.2, 0.25) is 5.91 Å². The van der Waals surface area contributed by atoms with Crippen molar-refractivity contribution in [3.05, 3.63) is 33.8 Å². The third-order valence-electron chi connectivity index (χ3n) is 4.03. The predicted molar refractivity (Wildman–Crippen MR) is 87.5 cm³/mol. The third kappa shape index (κ3) is 3.39. The highest BCUT2D eigenvalue weighted by Gasteiger charge is 2.35. The number of likely N-dealkylation sites (N-methyl/N-ethyl adjacent to an activating group) is 1. The average molecular weight is 341 g/mol. The summed E-state index contributed by atoms with van der Waals surface area (Å²) in [6.07, 6.45) is 2.62. The summed E-state index contributed by atoms with van der Waals surface area (Å²) in [4.78, 5) is 19.5. The SMILES string of the molecule is CCN(CC1CC(c2ccc(Cl)c(Cl)c2)=NO1)C(=O)C1CC1. The second kappa shape index (κ2) is 6.47. The average Bonchev–Trinajstić information content (AvgIpc) is 3.26. The lowest BCUT2D eigenvalue weighted by Gasteiger charge is -2.23. The number of carbonyl (C=O) groups is 1. The highest BCUT2D eigenvalue weighted by molar-refractivity contribution is 6.42. The first-order chi connectivity index (χ1) is 10.6. The zero-order valence-electron chi connectivity index (χ0n) is 12.4. The molecule has 22 heavy (non-hydrogen) atoms. The van der Waals surface area contributed by atoms with Gasteiger partial charge in [0.25, 0.3) is 0 Å². The van der Waals surface area contributed by atoms with E-state index in [2.05, 4.69) is 5.16 Å². The topological polar surface area (TPSA) is 41.9 Å². The Labute approximate surface area is 140 Å². The van der Waals surface area contributed by atoms with Crippen LogP contribution >= 0.6 is 23.2 Å². The number of benzene rings is 1. The van der Waals surface area contributed by atoms with Gasteiger partial charge in [-0.3, -0.25) is 4.79 Å². The lowest BCUT2D eigenvalue weighted by molar-refractivity contribution is -0.134. The van der Waals surface area contributed by atoms with Gasteiger partial charge in [-0.25, -0.2) is 0 Å². The van der Waals surface area contributed by atoms with Crippen LogP contribution in [-0.2, 0) is 9.63 Å². The molecule has 1 fully saturated rings. The molecule has 1 aromatic rings. The Morgan fingerprint density at radius 3 is 2.77 bits per heavy atom. The summed E-state index contributed by atoms with van der Waals surface area (Å²) in [5.41, 5.74) is 1.76. The van der Waals surface area contributed by atoms with Crippen LogP contribution in [0.1, 0.15) is 31.7 Å². The van der Waals surface area contributed by atoms with Crippen LogP contribution in [0.25, 0.3) is 0 Å². The van der Waals surface area contributed by atoms with Crippen molar-refractivity contribution in [1.29, 1.82) is 0 Å². The Morgan fingerprint density at radius 2 is 2.14 bits per heavy atom. The normalized spacial score (nSPS) is 20.5. The van der Waals surface area contributed by atoms with E-state index in [4.69, 9.17) is 28.0 Å². The quantitative estimate of drug-likeness (QED) is 0.819. The molecule has 0 spiro atoms. The number of nitrogens with zero attached hydrogens (tertiary/aromatic N) is 2. The van der Waals surface area contributed by atoms with Gasteiger partial charge in [-0.15, -0.1) is 0 Å². The molecule has 1 aliphatic carbocycles. The zero-order valence-corrected chi connectivity index (χ0v) is 13.9. The summed E-state index contributed by atoms with van der Waals surface area (Å²) in [5, 5.41) is 5.17. The molecule has 1 saturated carbocycles. The van der Waals surface area contributed by atoms with Crippen LogP contribution in [-0.4, -0.2) is 35.7 Å². The number of rotatable bonds is 5. The Kier molecular flexibility index (Phi) is 4.59. The number of carbonyl (C=O) groups excluding carboxylic acids is 1. The van der Waals surface area contributed by atoms with Crippen molar-refractivity contribution in [1.82, 2.24) is 4.90 Å². The highest BCUT2D eigenvalue weighted by Crippen LogP contribution is 2.31. The molecule has 6 heteroatoms. The zero-order chi connectivity index (χ0) is 15.7. The molecule has 0 N–H and O–H groups in total. The van der Waals surface area contributed by atoms with Gasteiger partial charge in [0, 0.05) is 24.4 Å². The molecule has 1 aliphatic heterocycles. The molecular formula is C16H18Cl2N2O2. The maximum absolute atomic E-state index is 12.2. The van der Waals surface area contributed by atoms with E-state index in [1.807, 2.05) is 17.9 Å². The van der Waals surface area contributed by atoms with Gasteiger partial charge in [-0.1, -0.05) is 34.4 Å². The Morgan fingerprint density at radius 1 is 1.36 bits per heavy atom. The summed E-state index contributed by atoms with van der Waals surface area (Å²) >= 11 is 12.0. The van der Waals surface area contributed by atoms with Crippen LogP contribution in [0.2, 0.25) is 10.0 Å². The molecule has 0 aromatic heterocycles. The van der Waals surface area contributed by atoms with Crippen molar-refractivity contribution < 1.29 is 9.63 Å². The fourth-order valence-corrected chi connectivity index (χ4v) is 2.88. The minimum absolute atomic E-state index is 0.0906. The van der Waals surface area contributed by atoms with Crippen LogP contribution in [0.4, 0.5) is 0 Å². The minimum atomic E-state index is -0.0906. The standard InChI is InChI=1S/C16H18Cl2N2O2/c1-2-20(16(21)10-3-4-10)9-12-8-15(19-22-12)11-5-6-13(17)14(18)7-11/h5-7,10,12H,2-4,8-9H2,1H3. The van der Waals surface area contributed by atoms with Crippen LogP contribution < -0.4 is 0 Å². The fourth-order valence-electron chi connectivity index (χ4n) is 2.58. The van der Waals surface area contributed by atoms with Crippen molar-refractivity contribution in [3.8, 4) is 0 Å². The first kappa shape index (κ1) is 15.6. The van der Waals surface area contributed by atoms with E-state index in [1.54, 1.807) is 12.1 Å². The van der Waals surface area contributed by atoms with Gasteiger partial charge in [0.15, 0.2) is 6.10 Å². The predicted octanol–water partition coefficient (Wildman–Crippen LogP) is 3.74. The van der Waals surface area contributed by atoms with Gasteiger partial charge in [-0.05, 0) is 31.9 Å². The van der Waals surface area contributed by atoms with E-state index < -0.39 is 0 Å². The van der Waals surface area contributed by atoms with Gasteiger partial charge in [0.05, 0.1) is 22.3 Å². The summed E-state index contributed by atoms with van der Waals surface area (Å²) in [5.74, 6) is 0.478. The molecule has 118 valence electrons. The summed E-state index contributed by atoms with van der Waals surface area (Å²) in [6.45, 7) is 3.29. The molecular weight excluding hydrogens is 323 g/mol. The van der Waals surface area contributed by atoms with Gasteiger partial charge >= 0.3 is 0 Å². The second-order valence-corrected chi connectivity index (χ2v) is 6.56. The van der Waals surface area contributed by atoms with Crippen molar-refractivity contribution >= 4 is 34.8 Å². The Hall–Kier alpha value is -1.26. The number of halogens is 2. The molecule has 1 aromatic carbocycles. The van der Waals surface area contributed by atoms with Crippen LogP contribution in [0.5, 0.6) is 0 Å². The van der Waals surface area contributed by atoms with Crippen molar-refractivity contribution in [2.24, 2.45) is 11.1 Å². The smallest absolute Gasteiger partial charge is 0.225 e. The summed E-state index contributed by atoms with van der Waals surface area (Å²) in [7, 11) is 0. The Balaban J connectivity index is 1.61. The molecule has 2 aliphatic rings. The van der Waals surface area contributed by atoms with Gasteiger partial charge in [-0.2, -0.15) is 0 Å². The lowest BCUT2D eigenvalue weighted by atomic mass is 10.0. The van der Waals surface area contributed by atoms with Gasteiger partial charge in [0.1, 0.15) is 0 Å². The monoisotopic (exact) mass is 340 g/mol. The first-order valence-electron chi connectivity index (χ1n) is 7.55. The van der Waals surface area contributed by atoms with Crippen LogP contribution in [0.15, 0.2) is 23.4 Å². The van der Waals surface area contributed by atoms with E-state index >= 15 is 0 Å². The molecule has 3 rings (SSSR count). The van der Waals surface area contributed by atoms with Crippen LogP contribution in [0, 0.1) is 5.92 Å². The van der Waals surface area contributed by atoms with E-state index in [-0.39, 0.29) is 17.9 Å². The largest absolute Gasteiger partial charge is 0.390 e. The third-order valence-corrected chi connectivity index (χ3v) is 4.77. The Bertz CT molecular complexity index is 614. The van der Waals surface area contributed by atoms with Crippen LogP contribution in [0.3, 0.4) is 0 Å². The molecule has 4 nitrogen and oxygen atoms in total. The minimum Gasteiger partial charge on any atom is -0.390 e. The van der Waals surface area contributed by atoms with E-state index in [9.17, 15) is 4.79 Å². The number of hydrogen-bond donors (Lipinski definition) is 0. The molecule has 0 saturated heterocycles. The molecule has 0 radical (unpaired) electrons. The molecule has 1 heterocycles. The van der Waals surface area contributed by atoms with Crippen molar-refractivity contribution in [2.45, 2.75) is 32.3 Å². The van der Waals surface area contributed by atoms with E-state index in [0.29, 0.717) is 29.6 Å². The summed E-state index contributed by atoms with van der Waals surface area (Å²) in [6, 6.07) is 5.43. The maximum atomic E-state index is 12.2. The number of hydrogen-bond acceptors (Lipinski definition) is 3. The number of oxime groups is 1. The highest BCUT2D eigenvalue weighted by atomic mass is 35.5. The lowest BCUT2D eigenvalue weighted by Crippen LogP contribution is -2.38. The molecule has 1 amide bonds. The first-order valence-corrected chi connectivity index (χ1v) is 8.31. The molecule has 0 bridgehead atoms. The second-order valence-electron chi connectivity index (χ2n) is 5.75. The maximum Gasteiger partial charge on any atom is 0.225 e.